The minimum absolute atomic E-state index is 0.0239. The van der Waals surface area contributed by atoms with E-state index in [0.29, 0.717) is 5.56 Å². The van der Waals surface area contributed by atoms with Crippen LogP contribution >= 0.6 is 0 Å². The molecule has 1 fully saturated rings. The SMILES string of the molecule is Cc1cc(CN2C(=O)N[C@@H](C(C)C)C2=O)ccc1S(C)(=O)=O. The average molecular weight is 324 g/mol. The summed E-state index contributed by atoms with van der Waals surface area (Å²) >= 11 is 0. The first-order chi connectivity index (χ1) is 10.1. The molecule has 22 heavy (non-hydrogen) atoms. The number of sulfone groups is 1. The number of carbonyl (C=O) groups is 2. The lowest BCUT2D eigenvalue weighted by atomic mass is 10.0. The van der Waals surface area contributed by atoms with Crippen molar-refractivity contribution >= 4 is 21.8 Å². The van der Waals surface area contributed by atoms with Gasteiger partial charge in [0.15, 0.2) is 9.84 Å². The summed E-state index contributed by atoms with van der Waals surface area (Å²) in [5, 5.41) is 2.67. The zero-order valence-electron chi connectivity index (χ0n) is 13.1. The van der Waals surface area contributed by atoms with Gasteiger partial charge in [0.2, 0.25) is 0 Å². The fourth-order valence-corrected chi connectivity index (χ4v) is 3.51. The summed E-state index contributed by atoms with van der Waals surface area (Å²) in [4.78, 5) is 25.6. The van der Waals surface area contributed by atoms with Crippen molar-refractivity contribution in [2.24, 2.45) is 5.92 Å². The lowest BCUT2D eigenvalue weighted by molar-refractivity contribution is -0.128. The topological polar surface area (TPSA) is 83.6 Å². The molecule has 1 heterocycles. The van der Waals surface area contributed by atoms with Crippen LogP contribution in [0.15, 0.2) is 23.1 Å². The molecule has 1 saturated heterocycles. The van der Waals surface area contributed by atoms with E-state index in [1.807, 2.05) is 13.8 Å². The fourth-order valence-electron chi connectivity index (χ4n) is 2.55. The predicted molar refractivity (Wildman–Crippen MR) is 82.0 cm³/mol. The van der Waals surface area contributed by atoms with Crippen molar-refractivity contribution in [1.29, 1.82) is 0 Å². The van der Waals surface area contributed by atoms with Crippen molar-refractivity contribution in [3.05, 3.63) is 29.3 Å². The molecule has 0 unspecified atom stereocenters. The zero-order valence-corrected chi connectivity index (χ0v) is 13.9. The van der Waals surface area contributed by atoms with Crippen molar-refractivity contribution in [3.63, 3.8) is 0 Å². The molecule has 1 atom stereocenters. The molecule has 6 nitrogen and oxygen atoms in total. The molecule has 7 heteroatoms. The van der Waals surface area contributed by atoms with E-state index in [2.05, 4.69) is 5.32 Å². The molecule has 1 aliphatic heterocycles. The minimum atomic E-state index is -3.28. The third-order valence-electron chi connectivity index (χ3n) is 3.70. The highest BCUT2D eigenvalue weighted by atomic mass is 32.2. The molecule has 0 spiro atoms. The Balaban J connectivity index is 2.23. The number of benzene rings is 1. The number of nitrogens with zero attached hydrogens (tertiary/aromatic N) is 1. The molecule has 1 N–H and O–H groups in total. The largest absolute Gasteiger partial charge is 0.326 e. The van der Waals surface area contributed by atoms with Gasteiger partial charge in [-0.1, -0.05) is 26.0 Å². The Labute approximate surface area is 130 Å². The van der Waals surface area contributed by atoms with Crippen molar-refractivity contribution in [3.8, 4) is 0 Å². The molecular formula is C15H20N2O4S. The van der Waals surface area contributed by atoms with Crippen LogP contribution in [0.5, 0.6) is 0 Å². The highest BCUT2D eigenvalue weighted by molar-refractivity contribution is 7.90. The third-order valence-corrected chi connectivity index (χ3v) is 4.96. The van der Waals surface area contributed by atoms with Crippen LogP contribution in [0.3, 0.4) is 0 Å². The lowest BCUT2D eigenvalue weighted by Gasteiger charge is -2.15. The molecule has 0 aliphatic carbocycles. The Morgan fingerprint density at radius 2 is 1.91 bits per heavy atom. The van der Waals surface area contributed by atoms with Gasteiger partial charge in [-0.3, -0.25) is 9.69 Å². The number of rotatable bonds is 4. The van der Waals surface area contributed by atoms with E-state index in [-0.39, 0.29) is 23.3 Å². The number of hydrogen-bond acceptors (Lipinski definition) is 4. The van der Waals surface area contributed by atoms with E-state index in [4.69, 9.17) is 0 Å². The summed E-state index contributed by atoms with van der Waals surface area (Å²) in [5.74, 6) is -0.222. The summed E-state index contributed by atoms with van der Waals surface area (Å²) in [5.41, 5.74) is 1.32. The van der Waals surface area contributed by atoms with E-state index in [1.165, 1.54) is 11.0 Å². The first-order valence-corrected chi connectivity index (χ1v) is 8.92. The van der Waals surface area contributed by atoms with Crippen LogP contribution in [0, 0.1) is 12.8 Å². The van der Waals surface area contributed by atoms with Crippen molar-refractivity contribution in [1.82, 2.24) is 10.2 Å². The number of imide groups is 1. The van der Waals surface area contributed by atoms with Crippen molar-refractivity contribution < 1.29 is 18.0 Å². The highest BCUT2D eigenvalue weighted by Gasteiger charge is 2.39. The summed E-state index contributed by atoms with van der Waals surface area (Å²) < 4.78 is 23.2. The van der Waals surface area contributed by atoms with E-state index in [0.717, 1.165) is 11.8 Å². The number of hydrogen-bond donors (Lipinski definition) is 1. The maximum atomic E-state index is 12.2. The summed E-state index contributed by atoms with van der Waals surface area (Å²) in [6, 6.07) is 3.93. The second kappa shape index (κ2) is 5.72. The fraction of sp³-hybridized carbons (Fsp3) is 0.467. The Morgan fingerprint density at radius 1 is 1.27 bits per heavy atom. The average Bonchev–Trinajstić information content (AvgIpc) is 2.65. The molecule has 0 aromatic heterocycles. The Hall–Kier alpha value is -1.89. The van der Waals surface area contributed by atoms with E-state index in [1.54, 1.807) is 19.1 Å². The van der Waals surface area contributed by atoms with Gasteiger partial charge >= 0.3 is 6.03 Å². The second-order valence-corrected chi connectivity index (χ2v) is 7.95. The van der Waals surface area contributed by atoms with Crippen molar-refractivity contribution in [2.45, 2.75) is 38.3 Å². The monoisotopic (exact) mass is 324 g/mol. The molecular weight excluding hydrogens is 304 g/mol. The first kappa shape index (κ1) is 16.5. The van der Waals surface area contributed by atoms with Gasteiger partial charge in [-0.2, -0.15) is 0 Å². The zero-order chi connectivity index (χ0) is 16.7. The standard InChI is InChI=1S/C15H20N2O4S/c1-9(2)13-14(18)17(15(19)16-13)8-11-5-6-12(10(3)7-11)22(4,20)21/h5-7,9,13H,8H2,1-4H3,(H,16,19)/t13-/m0/s1. The van der Waals surface area contributed by atoms with Gasteiger partial charge in [-0.25, -0.2) is 13.2 Å². The van der Waals surface area contributed by atoms with Crippen LogP contribution in [-0.4, -0.2) is 37.6 Å². The molecule has 1 aromatic carbocycles. The van der Waals surface area contributed by atoms with Gasteiger partial charge in [-0.05, 0) is 30.0 Å². The first-order valence-electron chi connectivity index (χ1n) is 7.02. The summed E-state index contributed by atoms with van der Waals surface area (Å²) in [6.45, 7) is 5.58. The third kappa shape index (κ3) is 3.14. The lowest BCUT2D eigenvalue weighted by Crippen LogP contribution is -2.34. The minimum Gasteiger partial charge on any atom is -0.326 e. The van der Waals surface area contributed by atoms with Gasteiger partial charge < -0.3 is 5.32 Å². The van der Waals surface area contributed by atoms with Crippen molar-refractivity contribution in [2.75, 3.05) is 6.26 Å². The number of amides is 3. The molecule has 2 rings (SSSR count). The predicted octanol–water partition coefficient (Wildman–Crippen LogP) is 1.47. The van der Waals surface area contributed by atoms with Gasteiger partial charge in [0.1, 0.15) is 6.04 Å². The second-order valence-electron chi connectivity index (χ2n) is 5.97. The van der Waals surface area contributed by atoms with Crippen LogP contribution in [0.25, 0.3) is 0 Å². The van der Waals surface area contributed by atoms with Gasteiger partial charge in [-0.15, -0.1) is 0 Å². The van der Waals surface area contributed by atoms with E-state index in [9.17, 15) is 18.0 Å². The number of urea groups is 1. The molecule has 0 bridgehead atoms. The molecule has 120 valence electrons. The normalized spacial score (nSPS) is 19.0. The molecule has 3 amide bonds. The molecule has 0 radical (unpaired) electrons. The van der Waals surface area contributed by atoms with E-state index >= 15 is 0 Å². The molecule has 1 aliphatic rings. The van der Waals surface area contributed by atoms with Crippen LogP contribution in [0.4, 0.5) is 4.79 Å². The Bertz CT molecular complexity index is 725. The van der Waals surface area contributed by atoms with Gasteiger partial charge in [0.25, 0.3) is 5.91 Å². The maximum Gasteiger partial charge on any atom is 0.325 e. The number of aryl methyl sites for hydroxylation is 1. The quantitative estimate of drug-likeness (QED) is 0.850. The maximum absolute atomic E-state index is 12.2. The van der Waals surface area contributed by atoms with Crippen LogP contribution in [-0.2, 0) is 21.2 Å². The number of nitrogens with one attached hydrogen (secondary N) is 1. The Kier molecular flexibility index (Phi) is 4.28. The van der Waals surface area contributed by atoms with Gasteiger partial charge in [0, 0.05) is 6.26 Å². The number of carbonyl (C=O) groups excluding carboxylic acids is 2. The summed E-state index contributed by atoms with van der Waals surface area (Å²) in [6.07, 6.45) is 1.15. The van der Waals surface area contributed by atoms with Crippen LogP contribution in [0.1, 0.15) is 25.0 Å². The van der Waals surface area contributed by atoms with Gasteiger partial charge in [0.05, 0.1) is 11.4 Å². The Morgan fingerprint density at radius 3 is 2.36 bits per heavy atom. The van der Waals surface area contributed by atoms with E-state index < -0.39 is 21.9 Å². The molecule has 1 aromatic rings. The van der Waals surface area contributed by atoms with Crippen LogP contribution in [0.2, 0.25) is 0 Å². The van der Waals surface area contributed by atoms with Crippen LogP contribution < -0.4 is 5.32 Å². The smallest absolute Gasteiger partial charge is 0.325 e. The molecule has 0 saturated carbocycles. The summed E-state index contributed by atoms with van der Waals surface area (Å²) in [7, 11) is -3.28. The highest BCUT2D eigenvalue weighted by Crippen LogP contribution is 2.20.